The number of benzene rings is 1. The second-order valence-corrected chi connectivity index (χ2v) is 3.85. The molecule has 0 saturated heterocycles. The molecule has 84 valence electrons. The molecule has 1 heterocycles. The second kappa shape index (κ2) is 3.77. The second-order valence-electron chi connectivity index (χ2n) is 3.85. The molecule has 6 N–H and O–H groups in total. The van der Waals surface area contributed by atoms with Gasteiger partial charge in [0.2, 0.25) is 5.91 Å². The fraction of sp³-hybridized carbons (Fsp3) is 0.182. The van der Waals surface area contributed by atoms with Gasteiger partial charge in [0.05, 0.1) is 23.5 Å². The summed E-state index contributed by atoms with van der Waals surface area (Å²) in [7, 11) is 0. The minimum absolute atomic E-state index is 0.0373. The molecular formula is C11H14N4O. The van der Waals surface area contributed by atoms with Gasteiger partial charge in [0.1, 0.15) is 0 Å². The number of hydrogen-bond acceptors (Lipinski definition) is 4. The lowest BCUT2D eigenvalue weighted by molar-refractivity contribution is -0.121. The predicted molar refractivity (Wildman–Crippen MR) is 63.8 cm³/mol. The molecule has 1 aliphatic rings. The molecule has 0 unspecified atom stereocenters. The normalized spacial score (nSPS) is 15.7. The number of rotatable bonds is 1. The third-order valence-corrected chi connectivity index (χ3v) is 2.55. The molecule has 0 atom stereocenters. The summed E-state index contributed by atoms with van der Waals surface area (Å²) in [4.78, 5) is 11.1. The van der Waals surface area contributed by atoms with E-state index in [1.807, 2.05) is 13.0 Å². The van der Waals surface area contributed by atoms with Gasteiger partial charge < -0.3 is 11.5 Å². The minimum Gasteiger partial charge on any atom is -0.397 e. The molecule has 1 aliphatic heterocycles. The number of amides is 1. The molecule has 0 aromatic heterocycles. The van der Waals surface area contributed by atoms with Crippen molar-refractivity contribution in [2.24, 2.45) is 0 Å². The molecule has 0 saturated carbocycles. The SMILES string of the molecule is CC1=C(c2ccc(N)c(N)c2)NNC(=O)C1. The van der Waals surface area contributed by atoms with E-state index in [9.17, 15) is 4.79 Å². The Hall–Kier alpha value is -2.17. The van der Waals surface area contributed by atoms with Crippen LogP contribution in [-0.2, 0) is 4.79 Å². The average molecular weight is 218 g/mol. The van der Waals surface area contributed by atoms with Gasteiger partial charge in [-0.05, 0) is 24.6 Å². The van der Waals surface area contributed by atoms with E-state index in [1.165, 1.54) is 0 Å². The van der Waals surface area contributed by atoms with Gasteiger partial charge in [-0.25, -0.2) is 0 Å². The first-order valence-corrected chi connectivity index (χ1v) is 4.98. The maximum Gasteiger partial charge on any atom is 0.242 e. The van der Waals surface area contributed by atoms with Gasteiger partial charge >= 0.3 is 0 Å². The van der Waals surface area contributed by atoms with E-state index in [0.29, 0.717) is 17.8 Å². The number of nitrogens with one attached hydrogen (secondary N) is 2. The van der Waals surface area contributed by atoms with Gasteiger partial charge in [-0.1, -0.05) is 6.07 Å². The lowest BCUT2D eigenvalue weighted by Crippen LogP contribution is -2.40. The van der Waals surface area contributed by atoms with E-state index in [4.69, 9.17) is 11.5 Å². The van der Waals surface area contributed by atoms with E-state index in [2.05, 4.69) is 10.9 Å². The molecule has 5 nitrogen and oxygen atoms in total. The van der Waals surface area contributed by atoms with E-state index in [-0.39, 0.29) is 5.91 Å². The van der Waals surface area contributed by atoms with Crippen LogP contribution in [0.5, 0.6) is 0 Å². The highest BCUT2D eigenvalue weighted by atomic mass is 16.2. The molecule has 0 radical (unpaired) electrons. The Bertz CT molecular complexity index is 479. The number of carbonyl (C=O) groups is 1. The van der Waals surface area contributed by atoms with Crippen LogP contribution in [0.4, 0.5) is 11.4 Å². The first-order chi connectivity index (χ1) is 7.58. The highest BCUT2D eigenvalue weighted by molar-refractivity contribution is 5.86. The van der Waals surface area contributed by atoms with Gasteiger partial charge in [0.25, 0.3) is 0 Å². The number of carbonyl (C=O) groups excluding carboxylic acids is 1. The summed E-state index contributed by atoms with van der Waals surface area (Å²) in [6, 6.07) is 5.41. The number of hydrogen-bond donors (Lipinski definition) is 4. The Morgan fingerprint density at radius 3 is 2.56 bits per heavy atom. The number of anilines is 2. The van der Waals surface area contributed by atoms with Crippen molar-refractivity contribution in [1.82, 2.24) is 10.9 Å². The Labute approximate surface area is 93.5 Å². The lowest BCUT2D eigenvalue weighted by Gasteiger charge is -2.21. The van der Waals surface area contributed by atoms with Crippen molar-refractivity contribution >= 4 is 23.0 Å². The number of nitrogen functional groups attached to an aromatic ring is 2. The van der Waals surface area contributed by atoms with Crippen LogP contribution >= 0.6 is 0 Å². The van der Waals surface area contributed by atoms with E-state index >= 15 is 0 Å². The zero-order valence-corrected chi connectivity index (χ0v) is 9.00. The summed E-state index contributed by atoms with van der Waals surface area (Å²) < 4.78 is 0. The summed E-state index contributed by atoms with van der Waals surface area (Å²) in [6.07, 6.45) is 0.395. The summed E-state index contributed by atoms with van der Waals surface area (Å²) >= 11 is 0. The van der Waals surface area contributed by atoms with Crippen molar-refractivity contribution in [3.8, 4) is 0 Å². The summed E-state index contributed by atoms with van der Waals surface area (Å²) in [5.41, 5.74) is 20.7. The Balaban J connectivity index is 2.40. The zero-order chi connectivity index (χ0) is 11.7. The lowest BCUT2D eigenvalue weighted by atomic mass is 10.0. The van der Waals surface area contributed by atoms with Crippen LogP contribution in [0.2, 0.25) is 0 Å². The fourth-order valence-corrected chi connectivity index (χ4v) is 1.66. The first kappa shape index (κ1) is 10.4. The van der Waals surface area contributed by atoms with Crippen LogP contribution in [0.15, 0.2) is 23.8 Å². The van der Waals surface area contributed by atoms with Gasteiger partial charge in [-0.2, -0.15) is 0 Å². The quantitative estimate of drug-likeness (QED) is 0.519. The van der Waals surface area contributed by atoms with Gasteiger partial charge in [0.15, 0.2) is 0 Å². The predicted octanol–water partition coefficient (Wildman–Crippen LogP) is 0.607. The van der Waals surface area contributed by atoms with Crippen LogP contribution in [0.1, 0.15) is 18.9 Å². The molecule has 2 rings (SSSR count). The Morgan fingerprint density at radius 2 is 1.94 bits per heavy atom. The number of nitrogens with two attached hydrogens (primary N) is 2. The molecule has 1 amide bonds. The van der Waals surface area contributed by atoms with Crippen LogP contribution in [0, 0.1) is 0 Å². The van der Waals surface area contributed by atoms with Gasteiger partial charge in [0, 0.05) is 5.56 Å². The third-order valence-electron chi connectivity index (χ3n) is 2.55. The number of hydrazine groups is 1. The van der Waals surface area contributed by atoms with E-state index in [0.717, 1.165) is 16.8 Å². The standard InChI is InChI=1S/C11H14N4O/c1-6-4-10(16)14-15-11(6)7-2-3-8(12)9(13)5-7/h2-3,5,15H,4,12-13H2,1H3,(H,14,16). The Morgan fingerprint density at radius 1 is 1.19 bits per heavy atom. The van der Waals surface area contributed by atoms with Crippen molar-refractivity contribution in [1.29, 1.82) is 0 Å². The topological polar surface area (TPSA) is 93.2 Å². The highest BCUT2D eigenvalue weighted by Gasteiger charge is 2.15. The minimum atomic E-state index is -0.0373. The van der Waals surface area contributed by atoms with Crippen LogP contribution in [-0.4, -0.2) is 5.91 Å². The maximum atomic E-state index is 11.1. The summed E-state index contributed by atoms with van der Waals surface area (Å²) in [5.74, 6) is -0.0373. The van der Waals surface area contributed by atoms with Crippen LogP contribution < -0.4 is 22.3 Å². The molecule has 0 bridgehead atoms. The fourth-order valence-electron chi connectivity index (χ4n) is 1.66. The smallest absolute Gasteiger partial charge is 0.242 e. The van der Waals surface area contributed by atoms with Crippen molar-refractivity contribution in [2.45, 2.75) is 13.3 Å². The molecule has 1 aromatic carbocycles. The van der Waals surface area contributed by atoms with E-state index < -0.39 is 0 Å². The van der Waals surface area contributed by atoms with Crippen LogP contribution in [0.25, 0.3) is 5.70 Å². The summed E-state index contributed by atoms with van der Waals surface area (Å²) in [5, 5.41) is 0. The van der Waals surface area contributed by atoms with Crippen molar-refractivity contribution in [3.05, 3.63) is 29.3 Å². The van der Waals surface area contributed by atoms with E-state index in [1.54, 1.807) is 12.1 Å². The molecule has 0 aliphatic carbocycles. The maximum absolute atomic E-state index is 11.1. The molecular weight excluding hydrogens is 204 g/mol. The Kier molecular flexibility index (Phi) is 2.44. The third kappa shape index (κ3) is 1.79. The molecule has 1 aromatic rings. The first-order valence-electron chi connectivity index (χ1n) is 4.98. The van der Waals surface area contributed by atoms with Crippen molar-refractivity contribution in [3.63, 3.8) is 0 Å². The highest BCUT2D eigenvalue weighted by Crippen LogP contribution is 2.24. The molecule has 5 heteroatoms. The summed E-state index contributed by atoms with van der Waals surface area (Å²) in [6.45, 7) is 1.91. The van der Waals surface area contributed by atoms with Crippen molar-refractivity contribution in [2.75, 3.05) is 11.5 Å². The van der Waals surface area contributed by atoms with Gasteiger partial charge in [-0.3, -0.25) is 15.6 Å². The van der Waals surface area contributed by atoms with Crippen LogP contribution in [0.3, 0.4) is 0 Å². The molecule has 0 spiro atoms. The monoisotopic (exact) mass is 218 g/mol. The molecule has 16 heavy (non-hydrogen) atoms. The largest absolute Gasteiger partial charge is 0.397 e. The molecule has 0 fully saturated rings. The average Bonchev–Trinajstić information content (AvgIpc) is 2.22. The van der Waals surface area contributed by atoms with Crippen molar-refractivity contribution < 1.29 is 4.79 Å². The van der Waals surface area contributed by atoms with Gasteiger partial charge in [-0.15, -0.1) is 0 Å². The zero-order valence-electron chi connectivity index (χ0n) is 9.00.